The van der Waals surface area contributed by atoms with E-state index in [0.717, 1.165) is 0 Å². The Morgan fingerprint density at radius 2 is 2.00 bits per heavy atom. The lowest BCUT2D eigenvalue weighted by atomic mass is 10.1. The minimum absolute atomic E-state index is 0.271. The second-order valence-electron chi connectivity index (χ2n) is 2.99. The summed E-state index contributed by atoms with van der Waals surface area (Å²) in [5.74, 6) is 0. The van der Waals surface area contributed by atoms with Crippen molar-refractivity contribution in [3.63, 3.8) is 0 Å². The van der Waals surface area contributed by atoms with Gasteiger partial charge in [-0.3, -0.25) is 0 Å². The second-order valence-corrected chi connectivity index (χ2v) is 2.99. The molecular weight excluding hydrogens is 152 g/mol. The molecule has 4 heteroatoms. The van der Waals surface area contributed by atoms with Crippen molar-refractivity contribution in [3.05, 3.63) is 0 Å². The number of hydrogen-bond donors (Lipinski definition) is 1. The van der Waals surface area contributed by atoms with Crippen molar-refractivity contribution in [1.29, 1.82) is 0 Å². The van der Waals surface area contributed by atoms with Crippen LogP contribution in [0, 0.1) is 0 Å². The first-order valence-corrected chi connectivity index (χ1v) is 3.52. The summed E-state index contributed by atoms with van der Waals surface area (Å²) in [5.41, 5.74) is -0.366. The lowest BCUT2D eigenvalue weighted by molar-refractivity contribution is 0.0197. The van der Waals surface area contributed by atoms with Crippen LogP contribution in [0.4, 0.5) is 8.78 Å². The van der Waals surface area contributed by atoms with Crippen molar-refractivity contribution in [1.82, 2.24) is 5.32 Å². The van der Waals surface area contributed by atoms with Crippen molar-refractivity contribution >= 4 is 0 Å². The fourth-order valence-electron chi connectivity index (χ4n) is 0.554. The van der Waals surface area contributed by atoms with Crippen LogP contribution in [0.25, 0.3) is 0 Å². The summed E-state index contributed by atoms with van der Waals surface area (Å²) >= 11 is 0. The zero-order chi connectivity index (χ0) is 8.91. The summed E-state index contributed by atoms with van der Waals surface area (Å²) < 4.78 is 28.2. The fourth-order valence-corrected chi connectivity index (χ4v) is 0.554. The lowest BCUT2D eigenvalue weighted by Crippen LogP contribution is -2.38. The maximum atomic E-state index is 11.6. The van der Waals surface area contributed by atoms with Gasteiger partial charge in [-0.05, 0) is 13.8 Å². The molecule has 1 N–H and O–H groups in total. The van der Waals surface area contributed by atoms with Gasteiger partial charge in [0.15, 0.2) is 0 Å². The Bertz CT molecular complexity index is 107. The maximum Gasteiger partial charge on any atom is 0.250 e. The lowest BCUT2D eigenvalue weighted by Gasteiger charge is -2.22. The Hall–Kier alpha value is -0.220. The molecule has 0 aliphatic heterocycles. The molecule has 0 aromatic heterocycles. The van der Waals surface area contributed by atoms with Gasteiger partial charge in [0.25, 0.3) is 6.43 Å². The van der Waals surface area contributed by atoms with E-state index in [2.05, 4.69) is 5.32 Å². The molecule has 0 rings (SSSR count). The summed E-state index contributed by atoms with van der Waals surface area (Å²) in [6.07, 6.45) is -2.29. The van der Waals surface area contributed by atoms with Crippen LogP contribution >= 0.6 is 0 Å². The molecule has 0 aliphatic carbocycles. The first kappa shape index (κ1) is 10.8. The van der Waals surface area contributed by atoms with Gasteiger partial charge in [-0.2, -0.15) is 0 Å². The normalized spacial score (nSPS) is 12.5. The average molecular weight is 167 g/mol. The number of methoxy groups -OCH3 is 1. The van der Waals surface area contributed by atoms with E-state index in [1.807, 2.05) is 13.8 Å². The van der Waals surface area contributed by atoms with Gasteiger partial charge in [0.2, 0.25) is 0 Å². The molecule has 0 amide bonds. The summed E-state index contributed by atoms with van der Waals surface area (Å²) in [4.78, 5) is 0. The van der Waals surface area contributed by atoms with E-state index in [0.29, 0.717) is 6.54 Å². The number of hydrogen-bond acceptors (Lipinski definition) is 2. The van der Waals surface area contributed by atoms with Crippen molar-refractivity contribution in [3.8, 4) is 0 Å². The summed E-state index contributed by atoms with van der Waals surface area (Å²) in [5, 5.41) is 2.60. The summed E-state index contributed by atoms with van der Waals surface area (Å²) in [6.45, 7) is 3.84. The van der Waals surface area contributed by atoms with E-state index in [1.165, 1.54) is 0 Å². The van der Waals surface area contributed by atoms with Gasteiger partial charge >= 0.3 is 0 Å². The zero-order valence-corrected chi connectivity index (χ0v) is 7.16. The largest absolute Gasteiger partial charge is 0.377 e. The Balaban J connectivity index is 3.38. The Kier molecular flexibility index (Phi) is 4.52. The highest BCUT2D eigenvalue weighted by Gasteiger charge is 2.15. The van der Waals surface area contributed by atoms with E-state index in [-0.39, 0.29) is 12.1 Å². The number of ether oxygens (including phenoxy) is 1. The third kappa shape index (κ3) is 6.19. The number of rotatable bonds is 5. The standard InChI is InChI=1S/C7H15F2NO/c1-7(2,11-3)5-10-4-6(8)9/h6,10H,4-5H2,1-3H3. The van der Waals surface area contributed by atoms with Crippen molar-refractivity contribution in [2.45, 2.75) is 25.9 Å². The molecule has 0 aromatic carbocycles. The molecular formula is C7H15F2NO. The van der Waals surface area contributed by atoms with Crippen LogP contribution in [0.1, 0.15) is 13.8 Å². The SMILES string of the molecule is COC(C)(C)CNCC(F)F. The van der Waals surface area contributed by atoms with Crippen LogP contribution in [0.2, 0.25) is 0 Å². The van der Waals surface area contributed by atoms with E-state index >= 15 is 0 Å². The highest BCUT2D eigenvalue weighted by molar-refractivity contribution is 4.70. The first-order chi connectivity index (χ1) is 4.98. The number of alkyl halides is 2. The molecule has 0 heterocycles. The van der Waals surface area contributed by atoms with Crippen molar-refractivity contribution < 1.29 is 13.5 Å². The molecule has 0 unspecified atom stereocenters. The molecule has 0 fully saturated rings. The minimum Gasteiger partial charge on any atom is -0.377 e. The minimum atomic E-state index is -2.29. The number of halogens is 2. The topological polar surface area (TPSA) is 21.3 Å². The highest BCUT2D eigenvalue weighted by Crippen LogP contribution is 2.04. The fraction of sp³-hybridized carbons (Fsp3) is 1.00. The van der Waals surface area contributed by atoms with E-state index in [4.69, 9.17) is 4.74 Å². The summed E-state index contributed by atoms with van der Waals surface area (Å²) in [7, 11) is 1.56. The van der Waals surface area contributed by atoms with Gasteiger partial charge in [-0.15, -0.1) is 0 Å². The van der Waals surface area contributed by atoms with Crippen molar-refractivity contribution in [2.24, 2.45) is 0 Å². The third-order valence-electron chi connectivity index (χ3n) is 1.40. The predicted octanol–water partition coefficient (Wildman–Crippen LogP) is 1.27. The van der Waals surface area contributed by atoms with Crippen molar-refractivity contribution in [2.75, 3.05) is 20.2 Å². The summed E-state index contributed by atoms with van der Waals surface area (Å²) in [6, 6.07) is 0. The van der Waals surface area contributed by atoms with Crippen LogP contribution < -0.4 is 5.32 Å². The Labute approximate surface area is 65.9 Å². The van der Waals surface area contributed by atoms with Crippen LogP contribution in [-0.4, -0.2) is 32.2 Å². The molecule has 0 spiro atoms. The smallest absolute Gasteiger partial charge is 0.250 e. The Morgan fingerprint density at radius 1 is 1.45 bits per heavy atom. The van der Waals surface area contributed by atoms with E-state index in [9.17, 15) is 8.78 Å². The molecule has 0 saturated heterocycles. The third-order valence-corrected chi connectivity index (χ3v) is 1.40. The maximum absolute atomic E-state index is 11.6. The molecule has 0 atom stereocenters. The van der Waals surface area contributed by atoms with Gasteiger partial charge in [-0.1, -0.05) is 0 Å². The predicted molar refractivity (Wildman–Crippen MR) is 40.0 cm³/mol. The molecule has 68 valence electrons. The van der Waals surface area contributed by atoms with Gasteiger partial charge < -0.3 is 10.1 Å². The molecule has 0 bridgehead atoms. The van der Waals surface area contributed by atoms with E-state index in [1.54, 1.807) is 7.11 Å². The van der Waals surface area contributed by atoms with Crippen LogP contribution in [-0.2, 0) is 4.74 Å². The monoisotopic (exact) mass is 167 g/mol. The molecule has 11 heavy (non-hydrogen) atoms. The number of nitrogens with one attached hydrogen (secondary N) is 1. The van der Waals surface area contributed by atoms with E-state index < -0.39 is 6.43 Å². The quantitative estimate of drug-likeness (QED) is 0.665. The molecule has 2 nitrogen and oxygen atoms in total. The molecule has 0 aromatic rings. The Morgan fingerprint density at radius 3 is 2.36 bits per heavy atom. The second kappa shape index (κ2) is 4.62. The molecule has 0 radical (unpaired) electrons. The van der Waals surface area contributed by atoms with Crippen LogP contribution in [0.5, 0.6) is 0 Å². The molecule has 0 aliphatic rings. The van der Waals surface area contributed by atoms with Crippen LogP contribution in [0.3, 0.4) is 0 Å². The van der Waals surface area contributed by atoms with Gasteiger partial charge in [-0.25, -0.2) is 8.78 Å². The van der Waals surface area contributed by atoms with Crippen LogP contribution in [0.15, 0.2) is 0 Å². The first-order valence-electron chi connectivity index (χ1n) is 3.52. The van der Waals surface area contributed by atoms with Gasteiger partial charge in [0.1, 0.15) is 0 Å². The molecule has 0 saturated carbocycles. The highest BCUT2D eigenvalue weighted by atomic mass is 19.3. The average Bonchev–Trinajstić information content (AvgIpc) is 1.87. The van der Waals surface area contributed by atoms with Gasteiger partial charge in [0, 0.05) is 13.7 Å². The zero-order valence-electron chi connectivity index (χ0n) is 7.16. The van der Waals surface area contributed by atoms with Gasteiger partial charge in [0.05, 0.1) is 12.1 Å².